The van der Waals surface area contributed by atoms with Crippen molar-refractivity contribution in [2.24, 2.45) is 4.99 Å². The van der Waals surface area contributed by atoms with Gasteiger partial charge in [-0.15, -0.1) is 0 Å². The van der Waals surface area contributed by atoms with Crippen molar-refractivity contribution < 1.29 is 13.9 Å². The van der Waals surface area contributed by atoms with Crippen molar-refractivity contribution in [3.8, 4) is 5.75 Å². The number of hydrogen-bond acceptors (Lipinski definition) is 3. The third-order valence-corrected chi connectivity index (χ3v) is 4.30. The Morgan fingerprint density at radius 1 is 1.27 bits per heavy atom. The Bertz CT molecular complexity index is 586. The number of amides is 1. The third kappa shape index (κ3) is 7.29. The second-order valence-corrected chi connectivity index (χ2v) is 6.56. The fourth-order valence-corrected chi connectivity index (χ4v) is 2.91. The largest absolute Gasteiger partial charge is 0.489 e. The van der Waals surface area contributed by atoms with Gasteiger partial charge in [-0.25, -0.2) is 4.39 Å². The molecule has 144 valence electrons. The van der Waals surface area contributed by atoms with Gasteiger partial charge in [0.2, 0.25) is 5.91 Å². The van der Waals surface area contributed by atoms with Crippen molar-refractivity contribution >= 4 is 11.9 Å². The molecule has 1 amide bonds. The Morgan fingerprint density at radius 3 is 2.62 bits per heavy atom. The standard InChI is InChI=1S/C19H29FN4O2/c1-14(26-17-9-7-15(20)8-10-17)13-23-19(21-2)22-12-11-18(25)24-16-5-3-4-6-16/h7-10,14,16H,3-6,11-13H2,1-2H3,(H,24,25)(H2,21,22,23). The van der Waals surface area contributed by atoms with E-state index < -0.39 is 0 Å². The molecule has 1 aliphatic rings. The van der Waals surface area contributed by atoms with Crippen LogP contribution in [-0.4, -0.2) is 44.1 Å². The minimum absolute atomic E-state index is 0.0767. The molecule has 0 aliphatic heterocycles. The summed E-state index contributed by atoms with van der Waals surface area (Å²) in [6.45, 7) is 2.97. The maximum absolute atomic E-state index is 12.9. The summed E-state index contributed by atoms with van der Waals surface area (Å²) in [7, 11) is 1.68. The van der Waals surface area contributed by atoms with E-state index in [1.807, 2.05) is 6.92 Å². The molecule has 0 bridgehead atoms. The zero-order chi connectivity index (χ0) is 18.8. The molecule has 0 saturated heterocycles. The highest BCUT2D eigenvalue weighted by Gasteiger charge is 2.16. The molecule has 1 aromatic carbocycles. The van der Waals surface area contributed by atoms with Crippen LogP contribution in [0.15, 0.2) is 29.3 Å². The van der Waals surface area contributed by atoms with Crippen LogP contribution in [-0.2, 0) is 4.79 Å². The van der Waals surface area contributed by atoms with Crippen LogP contribution in [0.5, 0.6) is 5.75 Å². The van der Waals surface area contributed by atoms with Crippen LogP contribution in [0, 0.1) is 5.82 Å². The predicted octanol–water partition coefficient (Wildman–Crippen LogP) is 2.21. The number of halogens is 1. The Kier molecular flexibility index (Phi) is 8.18. The average Bonchev–Trinajstić information content (AvgIpc) is 3.12. The first-order chi connectivity index (χ1) is 12.6. The molecule has 0 spiro atoms. The highest BCUT2D eigenvalue weighted by atomic mass is 19.1. The summed E-state index contributed by atoms with van der Waals surface area (Å²) >= 11 is 0. The van der Waals surface area contributed by atoms with E-state index >= 15 is 0 Å². The molecule has 1 unspecified atom stereocenters. The van der Waals surface area contributed by atoms with Crippen molar-refractivity contribution in [3.63, 3.8) is 0 Å². The van der Waals surface area contributed by atoms with Gasteiger partial charge in [0.15, 0.2) is 5.96 Å². The minimum Gasteiger partial charge on any atom is -0.489 e. The first kappa shape index (κ1) is 20.0. The lowest BCUT2D eigenvalue weighted by Crippen LogP contribution is -2.43. The second kappa shape index (κ2) is 10.6. The van der Waals surface area contributed by atoms with Crippen molar-refractivity contribution in [2.45, 2.75) is 51.2 Å². The van der Waals surface area contributed by atoms with Crippen LogP contribution in [0.4, 0.5) is 4.39 Å². The summed E-state index contributed by atoms with van der Waals surface area (Å²) in [4.78, 5) is 16.0. The van der Waals surface area contributed by atoms with Crippen molar-refractivity contribution in [1.29, 1.82) is 0 Å². The molecule has 2 rings (SSSR count). The third-order valence-electron chi connectivity index (χ3n) is 4.30. The van der Waals surface area contributed by atoms with Gasteiger partial charge in [0.1, 0.15) is 17.7 Å². The molecular formula is C19H29FN4O2. The summed E-state index contributed by atoms with van der Waals surface area (Å²) in [6.07, 6.45) is 4.89. The Morgan fingerprint density at radius 2 is 1.96 bits per heavy atom. The number of guanidine groups is 1. The molecule has 26 heavy (non-hydrogen) atoms. The summed E-state index contributed by atoms with van der Waals surface area (Å²) in [6, 6.07) is 6.28. The molecule has 1 aliphatic carbocycles. The fraction of sp³-hybridized carbons (Fsp3) is 0.579. The zero-order valence-corrected chi connectivity index (χ0v) is 15.6. The van der Waals surface area contributed by atoms with Crippen LogP contribution >= 0.6 is 0 Å². The van der Waals surface area contributed by atoms with Gasteiger partial charge >= 0.3 is 0 Å². The van der Waals surface area contributed by atoms with Gasteiger partial charge in [0.25, 0.3) is 0 Å². The molecule has 0 aromatic heterocycles. The molecule has 0 radical (unpaired) electrons. The molecule has 7 heteroatoms. The first-order valence-corrected chi connectivity index (χ1v) is 9.23. The lowest BCUT2D eigenvalue weighted by molar-refractivity contribution is -0.121. The Hall–Kier alpha value is -2.31. The molecule has 0 heterocycles. The van der Waals surface area contributed by atoms with Crippen LogP contribution in [0.2, 0.25) is 0 Å². The van der Waals surface area contributed by atoms with Gasteiger partial charge in [-0.3, -0.25) is 9.79 Å². The maximum atomic E-state index is 12.9. The number of hydrogen-bond donors (Lipinski definition) is 3. The van der Waals surface area contributed by atoms with Crippen molar-refractivity contribution in [1.82, 2.24) is 16.0 Å². The molecule has 1 atom stereocenters. The lowest BCUT2D eigenvalue weighted by atomic mass is 10.2. The SMILES string of the molecule is CN=C(NCCC(=O)NC1CCCC1)NCC(C)Oc1ccc(F)cc1. The first-order valence-electron chi connectivity index (χ1n) is 9.23. The average molecular weight is 364 g/mol. The van der Waals surface area contributed by atoms with Crippen molar-refractivity contribution in [3.05, 3.63) is 30.1 Å². The van der Waals surface area contributed by atoms with E-state index in [0.29, 0.717) is 37.3 Å². The number of carbonyl (C=O) groups is 1. The van der Waals surface area contributed by atoms with E-state index in [2.05, 4.69) is 20.9 Å². The summed E-state index contributed by atoms with van der Waals surface area (Å²) in [5.41, 5.74) is 0. The molecule has 3 N–H and O–H groups in total. The molecule has 1 aromatic rings. The van der Waals surface area contributed by atoms with E-state index in [4.69, 9.17) is 4.74 Å². The number of benzene rings is 1. The predicted molar refractivity (Wildman–Crippen MR) is 101 cm³/mol. The number of nitrogens with zero attached hydrogens (tertiary/aromatic N) is 1. The minimum atomic E-state index is -0.287. The van der Waals surface area contributed by atoms with Gasteiger partial charge in [0.05, 0.1) is 6.54 Å². The Labute approximate surface area is 154 Å². The molecule has 1 fully saturated rings. The number of aliphatic imine (C=N–C) groups is 1. The van der Waals surface area contributed by atoms with E-state index in [0.717, 1.165) is 12.8 Å². The smallest absolute Gasteiger partial charge is 0.221 e. The normalized spacial score (nSPS) is 16.2. The van der Waals surface area contributed by atoms with Crippen molar-refractivity contribution in [2.75, 3.05) is 20.1 Å². The van der Waals surface area contributed by atoms with Crippen LogP contribution in [0.1, 0.15) is 39.0 Å². The lowest BCUT2D eigenvalue weighted by Gasteiger charge is -2.18. The number of nitrogens with one attached hydrogen (secondary N) is 3. The van der Waals surface area contributed by atoms with Crippen LogP contribution in [0.25, 0.3) is 0 Å². The Balaban J connectivity index is 1.62. The quantitative estimate of drug-likeness (QED) is 0.488. The molecule has 1 saturated carbocycles. The van der Waals surface area contributed by atoms with E-state index in [1.165, 1.54) is 25.0 Å². The van der Waals surface area contributed by atoms with E-state index in [9.17, 15) is 9.18 Å². The van der Waals surface area contributed by atoms with Gasteiger partial charge in [-0.2, -0.15) is 0 Å². The van der Waals surface area contributed by atoms with Crippen LogP contribution < -0.4 is 20.7 Å². The number of rotatable bonds is 8. The topological polar surface area (TPSA) is 74.8 Å². The van der Waals surface area contributed by atoms with Crippen LogP contribution in [0.3, 0.4) is 0 Å². The van der Waals surface area contributed by atoms with E-state index in [-0.39, 0.29) is 17.8 Å². The fourth-order valence-electron chi connectivity index (χ4n) is 2.91. The highest BCUT2D eigenvalue weighted by Crippen LogP contribution is 2.17. The van der Waals surface area contributed by atoms with Gasteiger partial charge in [-0.05, 0) is 44.0 Å². The maximum Gasteiger partial charge on any atom is 0.221 e. The number of ether oxygens (including phenoxy) is 1. The van der Waals surface area contributed by atoms with Gasteiger partial charge < -0.3 is 20.7 Å². The van der Waals surface area contributed by atoms with E-state index in [1.54, 1.807) is 19.2 Å². The second-order valence-electron chi connectivity index (χ2n) is 6.56. The molecule has 6 nitrogen and oxygen atoms in total. The van der Waals surface area contributed by atoms with Gasteiger partial charge in [0, 0.05) is 26.1 Å². The zero-order valence-electron chi connectivity index (χ0n) is 15.6. The number of carbonyl (C=O) groups excluding carboxylic acids is 1. The molecular weight excluding hydrogens is 335 g/mol. The summed E-state index contributed by atoms with van der Waals surface area (Å²) in [5.74, 6) is 1.03. The summed E-state index contributed by atoms with van der Waals surface area (Å²) < 4.78 is 18.6. The summed E-state index contributed by atoms with van der Waals surface area (Å²) in [5, 5.41) is 9.35. The highest BCUT2D eigenvalue weighted by molar-refractivity contribution is 5.81. The van der Waals surface area contributed by atoms with Gasteiger partial charge in [-0.1, -0.05) is 12.8 Å². The monoisotopic (exact) mass is 364 g/mol.